The van der Waals surface area contributed by atoms with Crippen LogP contribution in [0.25, 0.3) is 11.3 Å². The lowest BCUT2D eigenvalue weighted by atomic mass is 10.1. The maximum absolute atomic E-state index is 12.4. The third-order valence-electron chi connectivity index (χ3n) is 5.22. The summed E-state index contributed by atoms with van der Waals surface area (Å²) in [5, 5.41) is 11.8. The highest BCUT2D eigenvalue weighted by molar-refractivity contribution is 5.92. The van der Waals surface area contributed by atoms with E-state index in [4.69, 9.17) is 0 Å². The molecule has 29 heavy (non-hydrogen) atoms. The molecule has 0 bridgehead atoms. The van der Waals surface area contributed by atoms with Gasteiger partial charge in [-0.05, 0) is 56.0 Å². The van der Waals surface area contributed by atoms with E-state index in [-0.39, 0.29) is 5.91 Å². The summed E-state index contributed by atoms with van der Waals surface area (Å²) in [6.45, 7) is 4.13. The first kappa shape index (κ1) is 19.1. The van der Waals surface area contributed by atoms with Crippen molar-refractivity contribution in [3.8, 4) is 11.3 Å². The molecule has 5 heteroatoms. The van der Waals surface area contributed by atoms with E-state index < -0.39 is 0 Å². The van der Waals surface area contributed by atoms with Gasteiger partial charge in [0.1, 0.15) is 0 Å². The van der Waals surface area contributed by atoms with Crippen molar-refractivity contribution in [2.45, 2.75) is 32.6 Å². The van der Waals surface area contributed by atoms with Crippen LogP contribution in [0.1, 0.15) is 30.4 Å². The second kappa shape index (κ2) is 8.86. The molecule has 0 spiro atoms. The first-order chi connectivity index (χ1) is 14.2. The van der Waals surface area contributed by atoms with Gasteiger partial charge >= 0.3 is 0 Å². The first-order valence-electron chi connectivity index (χ1n) is 10.2. The van der Waals surface area contributed by atoms with Crippen molar-refractivity contribution >= 4 is 17.4 Å². The summed E-state index contributed by atoms with van der Waals surface area (Å²) in [6, 6.07) is 19.8. The summed E-state index contributed by atoms with van der Waals surface area (Å²) in [6.07, 6.45) is 4.09. The van der Waals surface area contributed by atoms with Gasteiger partial charge in [0.05, 0.1) is 12.1 Å². The zero-order valence-corrected chi connectivity index (χ0v) is 16.8. The van der Waals surface area contributed by atoms with Gasteiger partial charge < -0.3 is 10.2 Å². The highest BCUT2D eigenvalue weighted by Crippen LogP contribution is 2.23. The van der Waals surface area contributed by atoms with Crippen LogP contribution in [0.5, 0.6) is 0 Å². The maximum atomic E-state index is 12.4. The van der Waals surface area contributed by atoms with Crippen molar-refractivity contribution in [3.05, 3.63) is 71.8 Å². The van der Waals surface area contributed by atoms with Crippen molar-refractivity contribution in [2.75, 3.05) is 23.3 Å². The lowest BCUT2D eigenvalue weighted by molar-refractivity contribution is -0.115. The number of amides is 1. The fourth-order valence-electron chi connectivity index (χ4n) is 3.74. The van der Waals surface area contributed by atoms with Gasteiger partial charge in [0.2, 0.25) is 5.91 Å². The Morgan fingerprint density at radius 1 is 0.966 bits per heavy atom. The number of nitrogens with one attached hydrogen (secondary N) is 1. The van der Waals surface area contributed by atoms with Crippen molar-refractivity contribution in [3.63, 3.8) is 0 Å². The molecule has 1 aliphatic rings. The number of benzene rings is 2. The molecule has 1 amide bonds. The molecule has 1 saturated heterocycles. The molecule has 1 aliphatic heterocycles. The van der Waals surface area contributed by atoms with E-state index in [1.807, 2.05) is 67.6 Å². The van der Waals surface area contributed by atoms with E-state index in [9.17, 15) is 4.79 Å². The van der Waals surface area contributed by atoms with E-state index in [1.54, 1.807) is 0 Å². The fourth-order valence-corrected chi connectivity index (χ4v) is 3.74. The zero-order valence-electron chi connectivity index (χ0n) is 16.8. The molecule has 0 unspecified atom stereocenters. The molecule has 0 aliphatic carbocycles. The van der Waals surface area contributed by atoms with Gasteiger partial charge in [-0.25, -0.2) is 0 Å². The van der Waals surface area contributed by atoms with Gasteiger partial charge in [-0.2, -0.15) is 0 Å². The van der Waals surface area contributed by atoms with Crippen LogP contribution in [-0.2, 0) is 11.2 Å². The number of aryl methyl sites for hydroxylation is 1. The van der Waals surface area contributed by atoms with Gasteiger partial charge in [0.25, 0.3) is 0 Å². The predicted octanol–water partition coefficient (Wildman–Crippen LogP) is 4.62. The van der Waals surface area contributed by atoms with Gasteiger partial charge in [-0.3, -0.25) is 4.79 Å². The molecule has 0 atom stereocenters. The fraction of sp³-hybridized carbons (Fsp3) is 0.292. The van der Waals surface area contributed by atoms with Gasteiger partial charge in [0.15, 0.2) is 5.82 Å². The highest BCUT2D eigenvalue weighted by atomic mass is 16.1. The normalized spacial score (nSPS) is 13.9. The Bertz CT molecular complexity index is 978. The molecule has 1 fully saturated rings. The molecule has 1 aromatic heterocycles. The number of aromatic nitrogens is 2. The van der Waals surface area contributed by atoms with Crippen molar-refractivity contribution < 1.29 is 4.79 Å². The van der Waals surface area contributed by atoms with Crippen molar-refractivity contribution in [1.82, 2.24) is 10.2 Å². The summed E-state index contributed by atoms with van der Waals surface area (Å²) in [4.78, 5) is 14.7. The molecule has 3 aromatic rings. The van der Waals surface area contributed by atoms with Crippen LogP contribution in [0, 0.1) is 6.92 Å². The molecule has 0 radical (unpaired) electrons. The minimum absolute atomic E-state index is 0.0284. The molecule has 5 nitrogen and oxygen atoms in total. The maximum Gasteiger partial charge on any atom is 0.228 e. The topological polar surface area (TPSA) is 58.1 Å². The van der Waals surface area contributed by atoms with Crippen LogP contribution in [0.2, 0.25) is 0 Å². The number of rotatable bonds is 5. The summed E-state index contributed by atoms with van der Waals surface area (Å²) < 4.78 is 0. The third kappa shape index (κ3) is 4.99. The number of hydrogen-bond donors (Lipinski definition) is 1. The van der Waals surface area contributed by atoms with Crippen molar-refractivity contribution in [2.24, 2.45) is 0 Å². The Morgan fingerprint density at radius 3 is 2.55 bits per heavy atom. The largest absolute Gasteiger partial charge is 0.355 e. The predicted molar refractivity (Wildman–Crippen MR) is 117 cm³/mol. The van der Waals surface area contributed by atoms with Crippen LogP contribution < -0.4 is 10.2 Å². The summed E-state index contributed by atoms with van der Waals surface area (Å²) in [5.74, 6) is 0.912. The Hall–Kier alpha value is -3.21. The van der Waals surface area contributed by atoms with Crippen LogP contribution >= 0.6 is 0 Å². The van der Waals surface area contributed by atoms with Crippen LogP contribution in [0.4, 0.5) is 11.5 Å². The Kier molecular flexibility index (Phi) is 5.84. The molecule has 4 rings (SSSR count). The average molecular weight is 386 g/mol. The smallest absolute Gasteiger partial charge is 0.228 e. The van der Waals surface area contributed by atoms with Crippen LogP contribution in [0.15, 0.2) is 60.7 Å². The van der Waals surface area contributed by atoms with Crippen LogP contribution in [-0.4, -0.2) is 29.2 Å². The minimum atomic E-state index is -0.0284. The first-order valence-corrected chi connectivity index (χ1v) is 10.2. The Labute approximate surface area is 171 Å². The molecule has 2 heterocycles. The molecular formula is C24H26N4O. The SMILES string of the molecule is Cc1cccc(CC(=O)Nc2cccc(-c3ccc(N4CCCCC4)nn3)c2)c1. The Morgan fingerprint density at radius 2 is 1.79 bits per heavy atom. The lowest BCUT2D eigenvalue weighted by Gasteiger charge is -2.27. The molecule has 148 valence electrons. The Balaban J connectivity index is 1.43. The van der Waals surface area contributed by atoms with Gasteiger partial charge in [-0.15, -0.1) is 10.2 Å². The quantitative estimate of drug-likeness (QED) is 0.695. The molecule has 1 N–H and O–H groups in total. The van der Waals surface area contributed by atoms with E-state index in [0.717, 1.165) is 47.0 Å². The number of anilines is 2. The van der Waals surface area contributed by atoms with Crippen LogP contribution in [0.3, 0.4) is 0 Å². The molecule has 0 saturated carbocycles. The summed E-state index contributed by atoms with van der Waals surface area (Å²) in [5.41, 5.74) is 4.68. The molecule has 2 aromatic carbocycles. The lowest BCUT2D eigenvalue weighted by Crippen LogP contribution is -2.30. The number of nitrogens with zero attached hydrogens (tertiary/aromatic N) is 3. The summed E-state index contributed by atoms with van der Waals surface area (Å²) >= 11 is 0. The summed E-state index contributed by atoms with van der Waals surface area (Å²) in [7, 11) is 0. The van der Waals surface area contributed by atoms with Crippen molar-refractivity contribution in [1.29, 1.82) is 0 Å². The number of piperidine rings is 1. The number of carbonyl (C=O) groups excluding carboxylic acids is 1. The zero-order chi connectivity index (χ0) is 20.1. The molecular weight excluding hydrogens is 360 g/mol. The monoisotopic (exact) mass is 386 g/mol. The van der Waals surface area contributed by atoms with Gasteiger partial charge in [-0.1, -0.05) is 42.0 Å². The number of hydrogen-bond acceptors (Lipinski definition) is 4. The second-order valence-electron chi connectivity index (χ2n) is 7.62. The van der Waals surface area contributed by atoms with E-state index in [2.05, 4.69) is 20.4 Å². The standard InChI is InChI=1S/C24H26N4O/c1-18-7-5-8-19(15-18)16-24(29)25-21-10-6-9-20(17-21)22-11-12-23(27-26-22)28-13-3-2-4-14-28/h5-12,15,17H,2-4,13-14,16H2,1H3,(H,25,29). The van der Waals surface area contributed by atoms with E-state index in [0.29, 0.717) is 6.42 Å². The van der Waals surface area contributed by atoms with E-state index in [1.165, 1.54) is 19.3 Å². The van der Waals surface area contributed by atoms with Gasteiger partial charge in [0, 0.05) is 24.3 Å². The van der Waals surface area contributed by atoms with E-state index >= 15 is 0 Å². The minimum Gasteiger partial charge on any atom is -0.355 e. The highest BCUT2D eigenvalue weighted by Gasteiger charge is 2.13. The third-order valence-corrected chi connectivity index (χ3v) is 5.22. The number of carbonyl (C=O) groups is 1. The average Bonchev–Trinajstić information content (AvgIpc) is 2.75. The second-order valence-corrected chi connectivity index (χ2v) is 7.62.